The first-order valence-electron chi connectivity index (χ1n) is 9.91. The van der Waals surface area contributed by atoms with Crippen molar-refractivity contribution < 1.29 is 9.53 Å². The lowest BCUT2D eigenvalue weighted by atomic mass is 10.2. The fraction of sp³-hybridized carbons (Fsp3) is 0.273. The Kier molecular flexibility index (Phi) is 6.03. The molecule has 0 aliphatic carbocycles. The Labute approximate surface area is 175 Å². The van der Waals surface area contributed by atoms with Crippen molar-refractivity contribution in [3.8, 4) is 5.75 Å². The molecule has 2 aromatic heterocycles. The average molecular weight is 404 g/mol. The lowest BCUT2D eigenvalue weighted by molar-refractivity contribution is -0.133. The molecule has 0 atom stereocenters. The molecule has 30 heavy (non-hydrogen) atoms. The number of aryl methyl sites for hydroxylation is 1. The summed E-state index contributed by atoms with van der Waals surface area (Å²) < 4.78 is 5.69. The van der Waals surface area contributed by atoms with Gasteiger partial charge in [-0.1, -0.05) is 18.2 Å². The monoisotopic (exact) mass is 404 g/mol. The number of ether oxygens (including phenoxy) is 1. The van der Waals surface area contributed by atoms with Gasteiger partial charge in [0.05, 0.1) is 0 Å². The van der Waals surface area contributed by atoms with Crippen molar-refractivity contribution in [2.24, 2.45) is 0 Å². The van der Waals surface area contributed by atoms with Crippen molar-refractivity contribution in [1.29, 1.82) is 0 Å². The van der Waals surface area contributed by atoms with Gasteiger partial charge in [-0.15, -0.1) is 10.2 Å². The van der Waals surface area contributed by atoms with E-state index < -0.39 is 0 Å². The van der Waals surface area contributed by atoms with Gasteiger partial charge in [0.15, 0.2) is 18.2 Å². The number of piperazine rings is 1. The number of amides is 1. The Morgan fingerprint density at radius 2 is 1.77 bits per heavy atom. The Hall–Kier alpha value is -3.68. The summed E-state index contributed by atoms with van der Waals surface area (Å²) in [5.74, 6) is 2.23. The van der Waals surface area contributed by atoms with Crippen LogP contribution < -0.4 is 15.0 Å². The van der Waals surface area contributed by atoms with Crippen LogP contribution in [0.5, 0.6) is 5.75 Å². The number of carbonyl (C=O) groups excluding carboxylic acids is 1. The summed E-state index contributed by atoms with van der Waals surface area (Å²) in [6, 6.07) is 15.3. The van der Waals surface area contributed by atoms with Crippen molar-refractivity contribution >= 4 is 23.2 Å². The molecule has 1 fully saturated rings. The van der Waals surface area contributed by atoms with Crippen molar-refractivity contribution in [1.82, 2.24) is 20.1 Å². The van der Waals surface area contributed by atoms with E-state index in [9.17, 15) is 4.79 Å². The second-order valence-corrected chi connectivity index (χ2v) is 7.06. The van der Waals surface area contributed by atoms with Crippen LogP contribution in [0.25, 0.3) is 0 Å². The molecular weight excluding hydrogens is 380 g/mol. The second-order valence-electron chi connectivity index (χ2n) is 7.06. The number of pyridine rings is 1. The molecule has 3 heterocycles. The first-order chi connectivity index (χ1) is 14.7. The predicted molar refractivity (Wildman–Crippen MR) is 115 cm³/mol. The highest BCUT2D eigenvalue weighted by molar-refractivity contribution is 5.78. The number of hydrogen-bond donors (Lipinski definition) is 1. The number of nitrogens with one attached hydrogen (secondary N) is 1. The van der Waals surface area contributed by atoms with Crippen LogP contribution >= 0.6 is 0 Å². The lowest BCUT2D eigenvalue weighted by Crippen LogP contribution is -2.50. The highest BCUT2D eigenvalue weighted by atomic mass is 16.5. The molecule has 0 unspecified atom stereocenters. The summed E-state index contributed by atoms with van der Waals surface area (Å²) in [5.41, 5.74) is 1.93. The molecular formula is C22H24N6O2. The molecule has 1 amide bonds. The van der Waals surface area contributed by atoms with Crippen molar-refractivity contribution in [2.45, 2.75) is 6.92 Å². The minimum atomic E-state index is 0.000820. The van der Waals surface area contributed by atoms with Gasteiger partial charge in [-0.05, 0) is 42.8 Å². The minimum Gasteiger partial charge on any atom is -0.484 e. The van der Waals surface area contributed by atoms with E-state index in [1.807, 2.05) is 60.4 Å². The van der Waals surface area contributed by atoms with Gasteiger partial charge in [0, 0.05) is 44.3 Å². The van der Waals surface area contributed by atoms with E-state index in [-0.39, 0.29) is 12.5 Å². The van der Waals surface area contributed by atoms with E-state index in [0.717, 1.165) is 22.8 Å². The van der Waals surface area contributed by atoms with Crippen LogP contribution in [0.1, 0.15) is 5.56 Å². The average Bonchev–Trinajstić information content (AvgIpc) is 2.80. The summed E-state index contributed by atoms with van der Waals surface area (Å²) >= 11 is 0. The lowest BCUT2D eigenvalue weighted by Gasteiger charge is -2.35. The number of anilines is 3. The fourth-order valence-corrected chi connectivity index (χ4v) is 3.28. The zero-order chi connectivity index (χ0) is 20.8. The van der Waals surface area contributed by atoms with Gasteiger partial charge in [-0.25, -0.2) is 0 Å². The summed E-state index contributed by atoms with van der Waals surface area (Å²) in [5, 5.41) is 11.8. The van der Waals surface area contributed by atoms with Crippen LogP contribution in [-0.4, -0.2) is 58.8 Å². The summed E-state index contributed by atoms with van der Waals surface area (Å²) in [6.07, 6.45) is 3.44. The summed E-state index contributed by atoms with van der Waals surface area (Å²) in [4.78, 5) is 20.4. The number of aromatic nitrogens is 3. The summed E-state index contributed by atoms with van der Waals surface area (Å²) in [6.45, 7) is 4.71. The maximum Gasteiger partial charge on any atom is 0.260 e. The van der Waals surface area contributed by atoms with Gasteiger partial charge in [0.1, 0.15) is 5.75 Å². The Morgan fingerprint density at radius 1 is 1.00 bits per heavy atom. The van der Waals surface area contributed by atoms with Crippen molar-refractivity contribution in [3.63, 3.8) is 0 Å². The van der Waals surface area contributed by atoms with Crippen molar-refractivity contribution in [3.05, 3.63) is 66.5 Å². The maximum absolute atomic E-state index is 12.5. The SMILES string of the molecule is Cc1ccccc1OCC(=O)N1CCN(c2ccc(Nc3ccncc3)nn2)CC1. The van der Waals surface area contributed by atoms with Crippen LogP contribution in [0.15, 0.2) is 60.9 Å². The molecule has 0 radical (unpaired) electrons. The zero-order valence-corrected chi connectivity index (χ0v) is 16.9. The molecule has 8 nitrogen and oxygen atoms in total. The highest BCUT2D eigenvalue weighted by Crippen LogP contribution is 2.18. The first-order valence-corrected chi connectivity index (χ1v) is 9.91. The minimum absolute atomic E-state index is 0.000820. The second kappa shape index (κ2) is 9.21. The number of rotatable bonds is 6. The third-order valence-electron chi connectivity index (χ3n) is 5.00. The van der Waals surface area contributed by atoms with Crippen LogP contribution in [0.3, 0.4) is 0 Å². The Morgan fingerprint density at radius 3 is 2.47 bits per heavy atom. The predicted octanol–water partition coefficient (Wildman–Crippen LogP) is 2.65. The van der Waals surface area contributed by atoms with Crippen LogP contribution in [0.2, 0.25) is 0 Å². The van der Waals surface area contributed by atoms with Crippen LogP contribution in [-0.2, 0) is 4.79 Å². The largest absolute Gasteiger partial charge is 0.484 e. The number of nitrogens with zero attached hydrogens (tertiary/aromatic N) is 5. The molecule has 0 spiro atoms. The molecule has 1 aliphatic rings. The van der Waals surface area contributed by atoms with E-state index in [0.29, 0.717) is 32.0 Å². The molecule has 1 aliphatic heterocycles. The zero-order valence-electron chi connectivity index (χ0n) is 16.9. The standard InChI is InChI=1S/C22H24N6O2/c1-17-4-2-3-5-19(17)30-16-22(29)28-14-12-27(13-15-28)21-7-6-20(25-26-21)24-18-8-10-23-11-9-18/h2-11H,12-16H2,1H3,(H,23,24,25). The smallest absolute Gasteiger partial charge is 0.260 e. The molecule has 1 N–H and O–H groups in total. The Bertz CT molecular complexity index is 972. The van der Waals surface area contributed by atoms with E-state index in [4.69, 9.17) is 4.74 Å². The summed E-state index contributed by atoms with van der Waals surface area (Å²) in [7, 11) is 0. The molecule has 8 heteroatoms. The van der Waals surface area contributed by atoms with E-state index in [1.54, 1.807) is 12.4 Å². The fourth-order valence-electron chi connectivity index (χ4n) is 3.28. The first kappa shape index (κ1) is 19.6. The van der Waals surface area contributed by atoms with Crippen LogP contribution in [0, 0.1) is 6.92 Å². The Balaban J connectivity index is 1.27. The van der Waals surface area contributed by atoms with Crippen LogP contribution in [0.4, 0.5) is 17.3 Å². The topological polar surface area (TPSA) is 83.5 Å². The molecule has 0 bridgehead atoms. The number of benzene rings is 1. The molecule has 1 saturated heterocycles. The van der Waals surface area contributed by atoms with E-state index in [1.165, 1.54) is 0 Å². The third-order valence-corrected chi connectivity index (χ3v) is 5.00. The third kappa shape index (κ3) is 4.83. The quantitative estimate of drug-likeness (QED) is 0.676. The molecule has 0 saturated carbocycles. The maximum atomic E-state index is 12.5. The van der Waals surface area contributed by atoms with Gasteiger partial charge in [-0.2, -0.15) is 0 Å². The van der Waals surface area contributed by atoms with E-state index >= 15 is 0 Å². The van der Waals surface area contributed by atoms with Gasteiger partial charge in [-0.3, -0.25) is 9.78 Å². The number of hydrogen-bond acceptors (Lipinski definition) is 7. The number of para-hydroxylation sites is 1. The normalized spacial score (nSPS) is 13.8. The highest BCUT2D eigenvalue weighted by Gasteiger charge is 2.22. The molecule has 154 valence electrons. The van der Waals surface area contributed by atoms with Crippen molar-refractivity contribution in [2.75, 3.05) is 43.0 Å². The van der Waals surface area contributed by atoms with E-state index in [2.05, 4.69) is 25.4 Å². The van der Waals surface area contributed by atoms with Gasteiger partial charge < -0.3 is 19.9 Å². The molecule has 1 aromatic carbocycles. The van der Waals surface area contributed by atoms with Gasteiger partial charge in [0.2, 0.25) is 0 Å². The van der Waals surface area contributed by atoms with Gasteiger partial charge in [0.25, 0.3) is 5.91 Å². The van der Waals surface area contributed by atoms with Gasteiger partial charge >= 0.3 is 0 Å². The molecule has 4 rings (SSSR count). The molecule has 3 aromatic rings. The number of carbonyl (C=O) groups is 1.